The molecule has 0 amide bonds. The van der Waals surface area contributed by atoms with Crippen molar-refractivity contribution < 1.29 is 19.7 Å². The molecule has 0 aliphatic heterocycles. The van der Waals surface area contributed by atoms with Crippen LogP contribution in [0.15, 0.2) is 22.7 Å². The van der Waals surface area contributed by atoms with Crippen molar-refractivity contribution in [2.24, 2.45) is 0 Å². The molecule has 0 fully saturated rings. The predicted molar refractivity (Wildman–Crippen MR) is 74.9 cm³/mol. The van der Waals surface area contributed by atoms with Crippen LogP contribution in [0.5, 0.6) is 0 Å². The van der Waals surface area contributed by atoms with Gasteiger partial charge < -0.3 is 20.3 Å². The Balaban J connectivity index is 2.78. The highest BCUT2D eigenvalue weighted by molar-refractivity contribution is 9.10. The van der Waals surface area contributed by atoms with Crippen LogP contribution in [0.25, 0.3) is 0 Å². The molecule has 1 aromatic rings. The average Bonchev–Trinajstić information content (AvgIpc) is 2.44. The van der Waals surface area contributed by atoms with Crippen molar-refractivity contribution >= 4 is 21.9 Å². The number of carbonyl (C=O) groups excluding carboxylic acids is 1. The van der Waals surface area contributed by atoms with E-state index in [2.05, 4.69) is 26.0 Å². The zero-order chi connectivity index (χ0) is 14.5. The van der Waals surface area contributed by atoms with E-state index in [-0.39, 0.29) is 13.2 Å². The Labute approximate surface area is 120 Å². The first-order valence-corrected chi connectivity index (χ1v) is 6.58. The average molecular weight is 332 g/mol. The lowest BCUT2D eigenvalue weighted by atomic mass is 10.0. The fourth-order valence-electron chi connectivity index (χ4n) is 1.41. The molecule has 19 heavy (non-hydrogen) atoms. The van der Waals surface area contributed by atoms with Gasteiger partial charge in [0.05, 0.1) is 31.4 Å². The number of carbonyl (C=O) groups is 1. The molecule has 5 nitrogen and oxygen atoms in total. The molecule has 0 saturated heterocycles. The van der Waals surface area contributed by atoms with Crippen molar-refractivity contribution in [1.29, 1.82) is 0 Å². The minimum atomic E-state index is -0.736. The van der Waals surface area contributed by atoms with Gasteiger partial charge in [0.15, 0.2) is 0 Å². The van der Waals surface area contributed by atoms with E-state index in [4.69, 9.17) is 0 Å². The number of halogens is 1. The summed E-state index contributed by atoms with van der Waals surface area (Å²) in [6.45, 7) is 1.85. The Morgan fingerprint density at radius 2 is 2.05 bits per heavy atom. The topological polar surface area (TPSA) is 78.8 Å². The fraction of sp³-hybridized carbons (Fsp3) is 0.462. The van der Waals surface area contributed by atoms with Gasteiger partial charge in [0.25, 0.3) is 0 Å². The van der Waals surface area contributed by atoms with E-state index in [1.165, 1.54) is 7.11 Å². The maximum Gasteiger partial charge on any atom is 0.337 e. The van der Waals surface area contributed by atoms with Crippen LogP contribution < -0.4 is 5.32 Å². The molecule has 0 unspecified atom stereocenters. The Bertz CT molecular complexity index is 446. The summed E-state index contributed by atoms with van der Waals surface area (Å²) < 4.78 is 5.40. The largest absolute Gasteiger partial charge is 0.465 e. The van der Waals surface area contributed by atoms with Crippen molar-refractivity contribution in [3.8, 4) is 0 Å². The number of esters is 1. The molecule has 106 valence electrons. The number of ether oxygens (including phenoxy) is 1. The second kappa shape index (κ2) is 7.00. The number of nitrogens with one attached hydrogen (secondary N) is 1. The number of methoxy groups -OCH3 is 1. The van der Waals surface area contributed by atoms with E-state index in [1.54, 1.807) is 25.1 Å². The molecule has 1 rings (SSSR count). The van der Waals surface area contributed by atoms with Crippen LogP contribution in [-0.4, -0.2) is 42.0 Å². The normalized spacial score (nSPS) is 11.4. The number of rotatable bonds is 6. The second-order valence-electron chi connectivity index (χ2n) is 4.53. The maximum absolute atomic E-state index is 11.4. The molecule has 0 aromatic heterocycles. The van der Waals surface area contributed by atoms with Crippen LogP contribution in [0.2, 0.25) is 0 Å². The van der Waals surface area contributed by atoms with Crippen LogP contribution in [0, 0.1) is 0 Å². The highest BCUT2D eigenvalue weighted by Crippen LogP contribution is 2.20. The van der Waals surface area contributed by atoms with E-state index >= 15 is 0 Å². The lowest BCUT2D eigenvalue weighted by molar-refractivity contribution is 0.0600. The number of benzene rings is 1. The van der Waals surface area contributed by atoms with E-state index in [0.29, 0.717) is 12.1 Å². The molecule has 0 radical (unpaired) electrons. The van der Waals surface area contributed by atoms with Crippen LogP contribution in [0.1, 0.15) is 22.8 Å². The van der Waals surface area contributed by atoms with Crippen molar-refractivity contribution in [2.45, 2.75) is 19.0 Å². The van der Waals surface area contributed by atoms with Crippen LogP contribution in [-0.2, 0) is 11.3 Å². The van der Waals surface area contributed by atoms with Gasteiger partial charge in [0.1, 0.15) is 0 Å². The standard InChI is InChI=1S/C13H18BrNO4/c1-13(7-16,8-17)15-6-10-4-3-9(5-11(10)14)12(18)19-2/h3-5,15-17H,6-8H2,1-2H3. The third-order valence-corrected chi connectivity index (χ3v) is 3.62. The van der Waals surface area contributed by atoms with E-state index in [1.807, 2.05) is 0 Å². The lowest BCUT2D eigenvalue weighted by Gasteiger charge is -2.26. The molecule has 0 saturated carbocycles. The van der Waals surface area contributed by atoms with Gasteiger partial charge >= 0.3 is 5.97 Å². The first kappa shape index (κ1) is 16.1. The smallest absolute Gasteiger partial charge is 0.337 e. The summed E-state index contributed by atoms with van der Waals surface area (Å²) in [5.74, 6) is -0.393. The third kappa shape index (κ3) is 4.28. The third-order valence-electron chi connectivity index (χ3n) is 2.88. The van der Waals surface area contributed by atoms with Gasteiger partial charge in [-0.1, -0.05) is 22.0 Å². The summed E-state index contributed by atoms with van der Waals surface area (Å²) in [5.41, 5.74) is 0.645. The molecule has 0 aliphatic rings. The van der Waals surface area contributed by atoms with Crippen LogP contribution in [0.4, 0.5) is 0 Å². The molecule has 0 atom stereocenters. The Morgan fingerprint density at radius 1 is 1.42 bits per heavy atom. The molecule has 0 heterocycles. The summed E-state index contributed by atoms with van der Waals surface area (Å²) in [6, 6.07) is 5.14. The maximum atomic E-state index is 11.4. The summed E-state index contributed by atoms with van der Waals surface area (Å²) >= 11 is 3.38. The monoisotopic (exact) mass is 331 g/mol. The Kier molecular flexibility index (Phi) is 5.93. The molecule has 6 heteroatoms. The number of aliphatic hydroxyl groups is 2. The van der Waals surface area contributed by atoms with Crippen molar-refractivity contribution in [2.75, 3.05) is 20.3 Å². The zero-order valence-corrected chi connectivity index (χ0v) is 12.5. The molecule has 0 aliphatic carbocycles. The van der Waals surface area contributed by atoms with Gasteiger partial charge in [-0.05, 0) is 24.6 Å². The number of hydrogen-bond donors (Lipinski definition) is 3. The van der Waals surface area contributed by atoms with E-state index in [9.17, 15) is 15.0 Å². The minimum Gasteiger partial charge on any atom is -0.465 e. The Morgan fingerprint density at radius 3 is 2.53 bits per heavy atom. The minimum absolute atomic E-state index is 0.165. The molecular weight excluding hydrogens is 314 g/mol. The quantitative estimate of drug-likeness (QED) is 0.679. The van der Waals surface area contributed by atoms with Crippen molar-refractivity contribution in [3.05, 3.63) is 33.8 Å². The second-order valence-corrected chi connectivity index (χ2v) is 5.38. The van der Waals surface area contributed by atoms with E-state index < -0.39 is 11.5 Å². The number of hydrogen-bond acceptors (Lipinski definition) is 5. The van der Waals surface area contributed by atoms with Crippen LogP contribution >= 0.6 is 15.9 Å². The Hall–Kier alpha value is -0.950. The molecule has 1 aromatic carbocycles. The van der Waals surface area contributed by atoms with Gasteiger partial charge in [0, 0.05) is 11.0 Å². The highest BCUT2D eigenvalue weighted by Gasteiger charge is 2.21. The summed E-state index contributed by atoms with van der Waals surface area (Å²) in [6.07, 6.45) is 0. The fourth-order valence-corrected chi connectivity index (χ4v) is 1.92. The van der Waals surface area contributed by atoms with Gasteiger partial charge in [0.2, 0.25) is 0 Å². The first-order valence-electron chi connectivity index (χ1n) is 5.79. The van der Waals surface area contributed by atoms with Crippen LogP contribution in [0.3, 0.4) is 0 Å². The zero-order valence-electron chi connectivity index (χ0n) is 10.9. The first-order chi connectivity index (χ1) is 8.95. The van der Waals surface area contributed by atoms with E-state index in [0.717, 1.165) is 10.0 Å². The van der Waals surface area contributed by atoms with Gasteiger partial charge in [-0.3, -0.25) is 0 Å². The van der Waals surface area contributed by atoms with Gasteiger partial charge in [-0.15, -0.1) is 0 Å². The summed E-state index contributed by atoms with van der Waals surface area (Å²) in [5, 5.41) is 21.4. The van der Waals surface area contributed by atoms with Crippen molar-refractivity contribution in [3.63, 3.8) is 0 Å². The van der Waals surface area contributed by atoms with Gasteiger partial charge in [-0.25, -0.2) is 4.79 Å². The predicted octanol–water partition coefficient (Wildman–Crippen LogP) is 1.07. The molecular formula is C13H18BrNO4. The summed E-state index contributed by atoms with van der Waals surface area (Å²) in [7, 11) is 1.33. The SMILES string of the molecule is COC(=O)c1ccc(CNC(C)(CO)CO)c(Br)c1. The highest BCUT2D eigenvalue weighted by atomic mass is 79.9. The molecule has 0 spiro atoms. The lowest BCUT2D eigenvalue weighted by Crippen LogP contribution is -2.48. The van der Waals surface area contributed by atoms with Gasteiger partial charge in [-0.2, -0.15) is 0 Å². The molecule has 0 bridgehead atoms. The van der Waals surface area contributed by atoms with Crippen molar-refractivity contribution in [1.82, 2.24) is 5.32 Å². The summed E-state index contributed by atoms with van der Waals surface area (Å²) in [4.78, 5) is 11.4. The molecule has 3 N–H and O–H groups in total. The number of aliphatic hydroxyl groups excluding tert-OH is 2.